The third kappa shape index (κ3) is 3.35. The van der Waals surface area contributed by atoms with Crippen LogP contribution in [0.25, 0.3) is 11.4 Å². The van der Waals surface area contributed by atoms with Crippen molar-refractivity contribution in [3.8, 4) is 11.4 Å². The molecule has 1 N–H and O–H groups in total. The van der Waals surface area contributed by atoms with E-state index in [1.54, 1.807) is 0 Å². The van der Waals surface area contributed by atoms with E-state index in [-0.39, 0.29) is 17.4 Å². The van der Waals surface area contributed by atoms with Crippen molar-refractivity contribution in [3.05, 3.63) is 35.7 Å². The third-order valence-electron chi connectivity index (χ3n) is 2.63. The zero-order valence-corrected chi connectivity index (χ0v) is 10.8. The summed E-state index contributed by atoms with van der Waals surface area (Å²) < 4.78 is 31.3. The SMILES string of the molecule is CCCNC(C)c1nc(-c2cc(F)cc(F)c2)no1. The Morgan fingerprint density at radius 2 is 1.95 bits per heavy atom. The average molecular weight is 267 g/mol. The van der Waals surface area contributed by atoms with Crippen LogP contribution in [0.2, 0.25) is 0 Å². The molecule has 2 rings (SSSR count). The second kappa shape index (κ2) is 5.88. The molecule has 1 aromatic heterocycles. The number of rotatable bonds is 5. The molecule has 0 aliphatic rings. The second-order valence-corrected chi connectivity index (χ2v) is 4.29. The minimum absolute atomic E-state index is 0.0976. The number of nitrogens with zero attached hydrogens (tertiary/aromatic N) is 2. The Hall–Kier alpha value is -1.82. The molecule has 1 unspecified atom stereocenters. The summed E-state index contributed by atoms with van der Waals surface area (Å²) in [7, 11) is 0. The van der Waals surface area contributed by atoms with Gasteiger partial charge in [0.05, 0.1) is 6.04 Å². The van der Waals surface area contributed by atoms with Gasteiger partial charge < -0.3 is 9.84 Å². The lowest BCUT2D eigenvalue weighted by Crippen LogP contribution is -2.19. The maximum absolute atomic E-state index is 13.1. The Labute approximate surface area is 109 Å². The van der Waals surface area contributed by atoms with Gasteiger partial charge in [-0.15, -0.1) is 0 Å². The van der Waals surface area contributed by atoms with E-state index in [9.17, 15) is 8.78 Å². The first-order chi connectivity index (χ1) is 9.10. The summed E-state index contributed by atoms with van der Waals surface area (Å²) >= 11 is 0. The smallest absolute Gasteiger partial charge is 0.243 e. The molecule has 1 heterocycles. The van der Waals surface area contributed by atoms with Crippen molar-refractivity contribution in [1.82, 2.24) is 15.5 Å². The molecule has 0 fully saturated rings. The van der Waals surface area contributed by atoms with E-state index in [0.29, 0.717) is 5.89 Å². The van der Waals surface area contributed by atoms with Gasteiger partial charge in [0.15, 0.2) is 0 Å². The molecule has 1 aromatic carbocycles. The molecule has 6 heteroatoms. The molecule has 1 atom stereocenters. The van der Waals surface area contributed by atoms with E-state index in [0.717, 1.165) is 19.0 Å². The maximum atomic E-state index is 13.1. The number of nitrogens with one attached hydrogen (secondary N) is 1. The first-order valence-corrected chi connectivity index (χ1v) is 6.13. The molecule has 2 aromatic rings. The summed E-state index contributed by atoms with van der Waals surface area (Å²) in [4.78, 5) is 4.14. The van der Waals surface area contributed by atoms with Crippen LogP contribution in [-0.2, 0) is 0 Å². The van der Waals surface area contributed by atoms with E-state index in [4.69, 9.17) is 4.52 Å². The van der Waals surface area contributed by atoms with Gasteiger partial charge in [0, 0.05) is 11.6 Å². The highest BCUT2D eigenvalue weighted by Crippen LogP contribution is 2.20. The maximum Gasteiger partial charge on any atom is 0.243 e. The predicted molar refractivity (Wildman–Crippen MR) is 66.4 cm³/mol. The topological polar surface area (TPSA) is 51.0 Å². The highest BCUT2D eigenvalue weighted by Gasteiger charge is 2.15. The zero-order chi connectivity index (χ0) is 13.8. The highest BCUT2D eigenvalue weighted by atomic mass is 19.1. The molecule has 0 amide bonds. The Bertz CT molecular complexity index is 536. The summed E-state index contributed by atoms with van der Waals surface area (Å²) in [5.74, 6) is -0.760. The van der Waals surface area contributed by atoms with Gasteiger partial charge in [0.25, 0.3) is 0 Å². The third-order valence-corrected chi connectivity index (χ3v) is 2.63. The van der Waals surface area contributed by atoms with Gasteiger partial charge in [0.1, 0.15) is 11.6 Å². The standard InChI is InChI=1S/C13H15F2N3O/c1-3-4-16-8(2)13-17-12(18-19-13)9-5-10(14)7-11(15)6-9/h5-8,16H,3-4H2,1-2H3. The minimum atomic E-state index is -0.668. The van der Waals surface area contributed by atoms with Crippen molar-refractivity contribution in [2.45, 2.75) is 26.3 Å². The summed E-state index contributed by atoms with van der Waals surface area (Å²) in [5, 5.41) is 6.93. The Morgan fingerprint density at radius 1 is 1.26 bits per heavy atom. The van der Waals surface area contributed by atoms with Crippen LogP contribution >= 0.6 is 0 Å². The van der Waals surface area contributed by atoms with Gasteiger partial charge in [-0.2, -0.15) is 4.98 Å². The van der Waals surface area contributed by atoms with E-state index in [1.807, 2.05) is 6.92 Å². The molecule has 0 saturated heterocycles. The monoisotopic (exact) mass is 267 g/mol. The number of hydrogen-bond acceptors (Lipinski definition) is 4. The molecule has 102 valence electrons. The zero-order valence-electron chi connectivity index (χ0n) is 10.8. The normalized spacial score (nSPS) is 12.6. The Balaban J connectivity index is 2.20. The van der Waals surface area contributed by atoms with Crippen LogP contribution < -0.4 is 5.32 Å². The highest BCUT2D eigenvalue weighted by molar-refractivity contribution is 5.54. The van der Waals surface area contributed by atoms with Crippen LogP contribution in [0.5, 0.6) is 0 Å². The van der Waals surface area contributed by atoms with Crippen LogP contribution in [-0.4, -0.2) is 16.7 Å². The minimum Gasteiger partial charge on any atom is -0.337 e. The Morgan fingerprint density at radius 3 is 2.58 bits per heavy atom. The van der Waals surface area contributed by atoms with Crippen molar-refractivity contribution in [3.63, 3.8) is 0 Å². The number of aromatic nitrogens is 2. The number of benzene rings is 1. The fourth-order valence-corrected chi connectivity index (χ4v) is 1.66. The van der Waals surface area contributed by atoms with Gasteiger partial charge in [0.2, 0.25) is 11.7 Å². The molecule has 0 aliphatic heterocycles. The average Bonchev–Trinajstić information content (AvgIpc) is 2.84. The van der Waals surface area contributed by atoms with E-state index >= 15 is 0 Å². The fourth-order valence-electron chi connectivity index (χ4n) is 1.66. The number of halogens is 2. The summed E-state index contributed by atoms with van der Waals surface area (Å²) in [6, 6.07) is 3.04. The van der Waals surface area contributed by atoms with Gasteiger partial charge in [-0.05, 0) is 32.0 Å². The molecule has 0 saturated carbocycles. The molecule has 0 aliphatic carbocycles. The number of hydrogen-bond donors (Lipinski definition) is 1. The van der Waals surface area contributed by atoms with Crippen LogP contribution in [0.1, 0.15) is 32.2 Å². The molecular formula is C13H15F2N3O. The van der Waals surface area contributed by atoms with Crippen molar-refractivity contribution in [2.24, 2.45) is 0 Å². The molecular weight excluding hydrogens is 252 g/mol. The van der Waals surface area contributed by atoms with Crippen LogP contribution in [0.3, 0.4) is 0 Å². The van der Waals surface area contributed by atoms with Crippen LogP contribution in [0, 0.1) is 11.6 Å². The fraction of sp³-hybridized carbons (Fsp3) is 0.385. The van der Waals surface area contributed by atoms with Crippen molar-refractivity contribution in [1.29, 1.82) is 0 Å². The van der Waals surface area contributed by atoms with Gasteiger partial charge in [-0.3, -0.25) is 0 Å². The first kappa shape index (κ1) is 13.6. The molecule has 4 nitrogen and oxygen atoms in total. The largest absolute Gasteiger partial charge is 0.337 e. The van der Waals surface area contributed by atoms with Crippen LogP contribution in [0.4, 0.5) is 8.78 Å². The van der Waals surface area contributed by atoms with Crippen molar-refractivity contribution < 1.29 is 13.3 Å². The van der Waals surface area contributed by atoms with Crippen molar-refractivity contribution >= 4 is 0 Å². The molecule has 19 heavy (non-hydrogen) atoms. The lowest BCUT2D eigenvalue weighted by Gasteiger charge is -2.06. The molecule has 0 radical (unpaired) electrons. The summed E-state index contributed by atoms with van der Waals surface area (Å²) in [6.07, 6.45) is 0.987. The quantitative estimate of drug-likeness (QED) is 0.904. The van der Waals surface area contributed by atoms with Crippen molar-refractivity contribution in [2.75, 3.05) is 6.54 Å². The second-order valence-electron chi connectivity index (χ2n) is 4.29. The summed E-state index contributed by atoms with van der Waals surface area (Å²) in [5.41, 5.74) is 0.259. The Kier molecular flexibility index (Phi) is 4.21. The van der Waals surface area contributed by atoms with E-state index in [1.165, 1.54) is 12.1 Å². The summed E-state index contributed by atoms with van der Waals surface area (Å²) in [6.45, 7) is 4.76. The lowest BCUT2D eigenvalue weighted by atomic mass is 10.2. The van der Waals surface area contributed by atoms with E-state index < -0.39 is 11.6 Å². The lowest BCUT2D eigenvalue weighted by molar-refractivity contribution is 0.340. The predicted octanol–water partition coefficient (Wildman–Crippen LogP) is 3.08. The molecule has 0 spiro atoms. The van der Waals surface area contributed by atoms with Gasteiger partial charge in [-0.1, -0.05) is 12.1 Å². The molecule has 0 bridgehead atoms. The van der Waals surface area contributed by atoms with E-state index in [2.05, 4.69) is 22.4 Å². The first-order valence-electron chi connectivity index (χ1n) is 6.13. The van der Waals surface area contributed by atoms with Gasteiger partial charge >= 0.3 is 0 Å². The van der Waals surface area contributed by atoms with Crippen LogP contribution in [0.15, 0.2) is 22.7 Å². The van der Waals surface area contributed by atoms with Gasteiger partial charge in [-0.25, -0.2) is 8.78 Å².